The number of hydrogen-bond acceptors (Lipinski definition) is 5. The summed E-state index contributed by atoms with van der Waals surface area (Å²) in [5.41, 5.74) is 2.13. The summed E-state index contributed by atoms with van der Waals surface area (Å²) < 4.78 is 0. The lowest BCUT2D eigenvalue weighted by Gasteiger charge is -2.36. The maximum absolute atomic E-state index is 10.2. The smallest absolute Gasteiger partial charge is 0.100 e. The largest absolute Gasteiger partial charge is 0.390 e. The monoisotopic (exact) mass is 302 g/mol. The van der Waals surface area contributed by atoms with Crippen LogP contribution in [0, 0.1) is 5.92 Å². The van der Waals surface area contributed by atoms with E-state index in [-0.39, 0.29) is 12.0 Å². The molecule has 0 unspecified atom stereocenters. The molecule has 4 rings (SSSR count). The van der Waals surface area contributed by atoms with Crippen LogP contribution in [0.2, 0.25) is 0 Å². The van der Waals surface area contributed by atoms with Crippen molar-refractivity contribution in [2.24, 2.45) is 5.92 Å². The summed E-state index contributed by atoms with van der Waals surface area (Å²) in [6.45, 7) is 0.810. The molecule has 1 saturated carbocycles. The highest BCUT2D eigenvalue weighted by atomic mass is 32.2. The quantitative estimate of drug-likeness (QED) is 0.830. The second-order valence-electron chi connectivity index (χ2n) is 5.89. The molecule has 110 valence electrons. The van der Waals surface area contributed by atoms with Crippen LogP contribution in [0.25, 0.3) is 10.9 Å². The normalized spacial score (nSPS) is 31.3. The van der Waals surface area contributed by atoms with E-state index in [2.05, 4.69) is 22.2 Å². The van der Waals surface area contributed by atoms with Crippen LogP contribution in [0.1, 0.15) is 6.42 Å². The number of rotatable bonds is 2. The van der Waals surface area contributed by atoms with Gasteiger partial charge in [0.2, 0.25) is 0 Å². The van der Waals surface area contributed by atoms with Crippen LogP contribution in [0.3, 0.4) is 0 Å². The molecular formula is C16H18N2O2S. The number of aliphatic hydroxyl groups is 2. The summed E-state index contributed by atoms with van der Waals surface area (Å²) in [4.78, 5) is 7.92. The average molecular weight is 302 g/mol. The number of anilines is 1. The first-order valence-electron chi connectivity index (χ1n) is 7.25. The molecule has 0 spiro atoms. The van der Waals surface area contributed by atoms with E-state index < -0.39 is 12.2 Å². The second-order valence-corrected chi connectivity index (χ2v) is 6.74. The summed E-state index contributed by atoms with van der Waals surface area (Å²) in [5, 5.41) is 21.4. The van der Waals surface area contributed by atoms with E-state index in [0.29, 0.717) is 0 Å². The summed E-state index contributed by atoms with van der Waals surface area (Å²) >= 11 is 1.68. The maximum Gasteiger partial charge on any atom is 0.100 e. The number of benzene rings is 1. The molecule has 0 radical (unpaired) electrons. The minimum Gasteiger partial charge on any atom is -0.390 e. The number of fused-ring (bicyclic) bond motifs is 3. The minimum absolute atomic E-state index is 0.0155. The van der Waals surface area contributed by atoms with Gasteiger partial charge in [0.15, 0.2) is 0 Å². The summed E-state index contributed by atoms with van der Waals surface area (Å²) in [6, 6.07) is 8.14. The third kappa shape index (κ3) is 1.88. The third-order valence-electron chi connectivity index (χ3n) is 4.82. The summed E-state index contributed by atoms with van der Waals surface area (Å²) in [7, 11) is 0. The predicted octanol–water partition coefficient (Wildman–Crippen LogP) is 1.89. The van der Waals surface area contributed by atoms with Gasteiger partial charge in [-0.1, -0.05) is 18.2 Å². The van der Waals surface area contributed by atoms with E-state index in [1.165, 1.54) is 0 Å². The van der Waals surface area contributed by atoms with E-state index in [4.69, 9.17) is 0 Å². The molecule has 1 aliphatic heterocycles. The van der Waals surface area contributed by atoms with Crippen molar-refractivity contribution >= 4 is 28.4 Å². The molecular weight excluding hydrogens is 284 g/mol. The maximum atomic E-state index is 10.2. The highest BCUT2D eigenvalue weighted by Crippen LogP contribution is 2.45. The Bertz CT molecular complexity index is 691. The Morgan fingerprint density at radius 1 is 1.24 bits per heavy atom. The fraction of sp³-hybridized carbons (Fsp3) is 0.438. The fourth-order valence-corrected chi connectivity index (χ4v) is 4.37. The van der Waals surface area contributed by atoms with Crippen LogP contribution >= 0.6 is 11.8 Å². The molecule has 2 aromatic rings. The van der Waals surface area contributed by atoms with Gasteiger partial charge in [-0.2, -0.15) is 0 Å². The lowest BCUT2D eigenvalue weighted by molar-refractivity contribution is 0.00300. The van der Waals surface area contributed by atoms with Crippen molar-refractivity contribution in [3.8, 4) is 0 Å². The van der Waals surface area contributed by atoms with Crippen LogP contribution in [0.5, 0.6) is 0 Å². The van der Waals surface area contributed by atoms with Gasteiger partial charge in [-0.15, -0.1) is 11.8 Å². The number of piperidine rings is 1. The van der Waals surface area contributed by atoms with Crippen LogP contribution in [0.15, 0.2) is 35.4 Å². The van der Waals surface area contributed by atoms with E-state index in [0.717, 1.165) is 34.5 Å². The molecule has 2 N–H and O–H groups in total. The zero-order chi connectivity index (χ0) is 14.6. The number of aromatic nitrogens is 1. The molecule has 2 heterocycles. The topological polar surface area (TPSA) is 56.6 Å². The Morgan fingerprint density at radius 2 is 2.05 bits per heavy atom. The molecule has 1 aliphatic carbocycles. The Kier molecular flexibility index (Phi) is 3.10. The van der Waals surface area contributed by atoms with Gasteiger partial charge in [0.25, 0.3) is 0 Å². The second kappa shape index (κ2) is 4.87. The lowest BCUT2D eigenvalue weighted by Crippen LogP contribution is -2.48. The summed E-state index contributed by atoms with van der Waals surface area (Å²) in [6.07, 6.45) is 3.61. The summed E-state index contributed by atoms with van der Waals surface area (Å²) in [5.74, 6) is 0.173. The van der Waals surface area contributed by atoms with Gasteiger partial charge in [0.05, 0.1) is 23.3 Å². The van der Waals surface area contributed by atoms with Gasteiger partial charge in [0.1, 0.15) is 6.10 Å². The van der Waals surface area contributed by atoms with Crippen molar-refractivity contribution in [2.75, 3.05) is 17.7 Å². The average Bonchev–Trinajstić information content (AvgIpc) is 3.06. The molecule has 21 heavy (non-hydrogen) atoms. The van der Waals surface area contributed by atoms with Gasteiger partial charge in [-0.05, 0) is 18.7 Å². The van der Waals surface area contributed by atoms with Crippen LogP contribution in [-0.2, 0) is 0 Å². The van der Waals surface area contributed by atoms with Crippen molar-refractivity contribution in [2.45, 2.75) is 29.6 Å². The van der Waals surface area contributed by atoms with Crippen molar-refractivity contribution < 1.29 is 10.2 Å². The number of nitrogens with zero attached hydrogens (tertiary/aromatic N) is 2. The molecule has 1 aromatic carbocycles. The van der Waals surface area contributed by atoms with E-state index >= 15 is 0 Å². The number of aliphatic hydroxyl groups excluding tert-OH is 2. The first-order chi connectivity index (χ1) is 10.2. The number of thioether (sulfide) groups is 1. The SMILES string of the molecule is CSc1cnc2ccccc2c1N1C[C@@H]2C[C@H]1[C@@H](O)[C@H]2O. The van der Waals surface area contributed by atoms with Gasteiger partial charge < -0.3 is 15.1 Å². The van der Waals surface area contributed by atoms with Crippen LogP contribution in [-0.4, -0.2) is 46.2 Å². The molecule has 1 aromatic heterocycles. The molecule has 5 heteroatoms. The zero-order valence-corrected chi connectivity index (χ0v) is 12.6. The Balaban J connectivity index is 1.87. The fourth-order valence-electron chi connectivity index (χ4n) is 3.79. The van der Waals surface area contributed by atoms with E-state index in [1.807, 2.05) is 24.4 Å². The van der Waals surface area contributed by atoms with Crippen molar-refractivity contribution in [3.63, 3.8) is 0 Å². The van der Waals surface area contributed by atoms with Gasteiger partial charge in [-0.3, -0.25) is 4.98 Å². The number of hydrogen-bond donors (Lipinski definition) is 2. The van der Waals surface area contributed by atoms with E-state index in [1.54, 1.807) is 11.8 Å². The first kappa shape index (κ1) is 13.4. The van der Waals surface area contributed by atoms with Crippen LogP contribution < -0.4 is 4.90 Å². The lowest BCUT2D eigenvalue weighted by atomic mass is 10.0. The van der Waals surface area contributed by atoms with Crippen molar-refractivity contribution in [1.82, 2.24) is 4.98 Å². The Hall–Kier alpha value is -1.30. The van der Waals surface area contributed by atoms with Gasteiger partial charge in [-0.25, -0.2) is 0 Å². The van der Waals surface area contributed by atoms with Crippen molar-refractivity contribution in [1.29, 1.82) is 0 Å². The Labute approximate surface area is 127 Å². The molecule has 4 nitrogen and oxygen atoms in total. The van der Waals surface area contributed by atoms with Crippen LogP contribution in [0.4, 0.5) is 5.69 Å². The third-order valence-corrected chi connectivity index (χ3v) is 5.56. The number of pyridine rings is 1. The molecule has 0 amide bonds. The molecule has 2 bridgehead atoms. The minimum atomic E-state index is -0.648. The molecule has 2 aliphatic rings. The highest BCUT2D eigenvalue weighted by molar-refractivity contribution is 7.98. The molecule has 2 fully saturated rings. The Morgan fingerprint density at radius 3 is 2.76 bits per heavy atom. The predicted molar refractivity (Wildman–Crippen MR) is 84.8 cm³/mol. The molecule has 1 saturated heterocycles. The van der Waals surface area contributed by atoms with Gasteiger partial charge >= 0.3 is 0 Å². The van der Waals surface area contributed by atoms with Crippen molar-refractivity contribution in [3.05, 3.63) is 30.5 Å². The van der Waals surface area contributed by atoms with Gasteiger partial charge in [0, 0.05) is 28.9 Å². The highest BCUT2D eigenvalue weighted by Gasteiger charge is 2.51. The number of para-hydroxylation sites is 1. The van der Waals surface area contributed by atoms with E-state index in [9.17, 15) is 10.2 Å². The standard InChI is InChI=1S/C16H18N2O2S/c1-21-13-7-17-11-5-3-2-4-10(11)14(13)18-8-9-6-12(18)16(20)15(9)19/h2-5,7,9,12,15-16,19-20H,6,8H2,1H3/t9-,12-,15-,16+/m0/s1. The zero-order valence-electron chi connectivity index (χ0n) is 11.8. The molecule has 4 atom stereocenters. The first-order valence-corrected chi connectivity index (χ1v) is 8.47.